The minimum Gasteiger partial charge on any atom is -0.497 e. The van der Waals surface area contributed by atoms with E-state index in [1.54, 1.807) is 7.11 Å². The van der Waals surface area contributed by atoms with Gasteiger partial charge in [-0.3, -0.25) is 9.69 Å². The molecule has 2 atom stereocenters. The number of fused-ring (bicyclic) bond motifs is 3. The Morgan fingerprint density at radius 1 is 1.11 bits per heavy atom. The zero-order chi connectivity index (χ0) is 19.1. The molecular weight excluding hydrogens is 356 g/mol. The van der Waals surface area contributed by atoms with Gasteiger partial charge in [-0.1, -0.05) is 24.3 Å². The lowest BCUT2D eigenvalue weighted by atomic mass is 10.1. The number of para-hydroxylation sites is 2. The molecule has 0 aliphatic carbocycles. The van der Waals surface area contributed by atoms with Gasteiger partial charge in [-0.15, -0.1) is 0 Å². The standard InChI is InChI=1S/C22H24N2O4/c1-26-17-8-6-15(7-9-17)11-24-19-4-2-3-5-21(19)28-18-10-20(22(24)25)23(12-18)16-13-27-14-16/h2-9,16,18,20H,10-14H2,1H3. The van der Waals surface area contributed by atoms with Crippen LogP contribution >= 0.6 is 0 Å². The second-order valence-electron chi connectivity index (χ2n) is 7.62. The Morgan fingerprint density at radius 3 is 2.61 bits per heavy atom. The average Bonchev–Trinajstić information content (AvgIpc) is 3.09. The van der Waals surface area contributed by atoms with Crippen molar-refractivity contribution in [3.8, 4) is 11.5 Å². The van der Waals surface area contributed by atoms with Gasteiger partial charge in [-0.05, 0) is 29.8 Å². The maximum absolute atomic E-state index is 13.7. The zero-order valence-corrected chi connectivity index (χ0v) is 15.9. The minimum atomic E-state index is -0.162. The Morgan fingerprint density at radius 2 is 1.89 bits per heavy atom. The summed E-state index contributed by atoms with van der Waals surface area (Å²) in [6.07, 6.45) is 0.766. The van der Waals surface area contributed by atoms with Crippen LogP contribution in [-0.2, 0) is 16.1 Å². The van der Waals surface area contributed by atoms with Crippen LogP contribution < -0.4 is 14.4 Å². The van der Waals surface area contributed by atoms with E-state index in [1.165, 1.54) is 0 Å². The van der Waals surface area contributed by atoms with Gasteiger partial charge in [-0.2, -0.15) is 0 Å². The van der Waals surface area contributed by atoms with E-state index in [2.05, 4.69) is 4.90 Å². The largest absolute Gasteiger partial charge is 0.497 e. The number of nitrogens with zero attached hydrogens (tertiary/aromatic N) is 2. The lowest BCUT2D eigenvalue weighted by Gasteiger charge is -2.38. The molecule has 0 radical (unpaired) electrons. The van der Waals surface area contributed by atoms with Crippen molar-refractivity contribution in [1.29, 1.82) is 0 Å². The second kappa shape index (κ2) is 7.11. The van der Waals surface area contributed by atoms with Crippen molar-refractivity contribution in [2.75, 3.05) is 31.8 Å². The van der Waals surface area contributed by atoms with Crippen molar-refractivity contribution >= 4 is 11.6 Å². The van der Waals surface area contributed by atoms with Crippen molar-refractivity contribution in [3.05, 3.63) is 54.1 Å². The first-order valence-electron chi connectivity index (χ1n) is 9.76. The van der Waals surface area contributed by atoms with Crippen LogP contribution in [0.2, 0.25) is 0 Å². The van der Waals surface area contributed by atoms with Crippen LogP contribution in [0.4, 0.5) is 5.69 Å². The van der Waals surface area contributed by atoms with Crippen molar-refractivity contribution in [1.82, 2.24) is 4.90 Å². The lowest BCUT2D eigenvalue weighted by molar-refractivity contribution is -0.128. The summed E-state index contributed by atoms with van der Waals surface area (Å²) in [5.74, 6) is 1.72. The molecule has 6 heteroatoms. The van der Waals surface area contributed by atoms with Crippen LogP contribution in [0.3, 0.4) is 0 Å². The number of hydrogen-bond acceptors (Lipinski definition) is 5. The fourth-order valence-corrected chi connectivity index (χ4v) is 4.30. The van der Waals surface area contributed by atoms with Crippen molar-refractivity contribution in [3.63, 3.8) is 0 Å². The summed E-state index contributed by atoms with van der Waals surface area (Å²) in [4.78, 5) is 17.8. The lowest BCUT2D eigenvalue weighted by Crippen LogP contribution is -2.55. The molecule has 5 rings (SSSR count). The van der Waals surface area contributed by atoms with Crippen LogP contribution in [0.15, 0.2) is 48.5 Å². The van der Waals surface area contributed by atoms with E-state index in [0.29, 0.717) is 25.8 Å². The summed E-state index contributed by atoms with van der Waals surface area (Å²) < 4.78 is 17.0. The summed E-state index contributed by atoms with van der Waals surface area (Å²) in [6, 6.07) is 15.9. The molecular formula is C22H24N2O4. The van der Waals surface area contributed by atoms with Crippen molar-refractivity contribution < 1.29 is 19.0 Å². The minimum absolute atomic E-state index is 0.0406. The third-order valence-corrected chi connectivity index (χ3v) is 5.89. The quantitative estimate of drug-likeness (QED) is 0.816. The summed E-state index contributed by atoms with van der Waals surface area (Å²) >= 11 is 0. The summed E-state index contributed by atoms with van der Waals surface area (Å²) in [7, 11) is 1.65. The molecule has 0 spiro atoms. The molecule has 2 fully saturated rings. The number of amides is 1. The van der Waals surface area contributed by atoms with Crippen LogP contribution in [0, 0.1) is 0 Å². The van der Waals surface area contributed by atoms with E-state index in [9.17, 15) is 4.79 Å². The molecule has 146 valence electrons. The highest BCUT2D eigenvalue weighted by Crippen LogP contribution is 2.38. The summed E-state index contributed by atoms with van der Waals surface area (Å²) in [5, 5.41) is 0. The number of likely N-dealkylation sites (tertiary alicyclic amines) is 1. The van der Waals surface area contributed by atoms with E-state index in [-0.39, 0.29) is 18.1 Å². The van der Waals surface area contributed by atoms with Gasteiger partial charge in [0, 0.05) is 13.0 Å². The van der Waals surface area contributed by atoms with Gasteiger partial charge in [0.15, 0.2) is 0 Å². The molecule has 28 heavy (non-hydrogen) atoms. The number of anilines is 1. The third-order valence-electron chi connectivity index (χ3n) is 5.89. The van der Waals surface area contributed by atoms with Crippen LogP contribution in [0.5, 0.6) is 11.5 Å². The molecule has 2 aromatic rings. The SMILES string of the molecule is COc1ccc(CN2C(=O)C3CC(CN3C3COC3)Oc3ccccc32)cc1. The Hall–Kier alpha value is -2.57. The van der Waals surface area contributed by atoms with Crippen molar-refractivity contribution in [2.45, 2.75) is 31.2 Å². The third kappa shape index (κ3) is 3.02. The van der Waals surface area contributed by atoms with E-state index >= 15 is 0 Å². The first-order valence-corrected chi connectivity index (χ1v) is 9.76. The van der Waals surface area contributed by atoms with Gasteiger partial charge in [-0.25, -0.2) is 0 Å². The van der Waals surface area contributed by atoms with E-state index < -0.39 is 0 Å². The average molecular weight is 380 g/mol. The number of ether oxygens (including phenoxy) is 3. The Labute approximate surface area is 164 Å². The fraction of sp³-hybridized carbons (Fsp3) is 0.409. The fourth-order valence-electron chi connectivity index (χ4n) is 4.30. The highest BCUT2D eigenvalue weighted by atomic mass is 16.5. The number of rotatable bonds is 4. The number of methoxy groups -OCH3 is 1. The molecule has 6 nitrogen and oxygen atoms in total. The topological polar surface area (TPSA) is 51.2 Å². The van der Waals surface area contributed by atoms with Gasteiger partial charge < -0.3 is 19.1 Å². The predicted octanol–water partition coefficient (Wildman–Crippen LogP) is 2.46. The monoisotopic (exact) mass is 380 g/mol. The van der Waals surface area contributed by atoms with E-state index in [4.69, 9.17) is 14.2 Å². The molecule has 1 amide bonds. The first-order chi connectivity index (χ1) is 13.7. The smallest absolute Gasteiger partial charge is 0.244 e. The summed E-state index contributed by atoms with van der Waals surface area (Å²) in [5.41, 5.74) is 1.89. The zero-order valence-electron chi connectivity index (χ0n) is 15.9. The maximum atomic E-state index is 13.7. The van der Waals surface area contributed by atoms with Gasteiger partial charge >= 0.3 is 0 Å². The van der Waals surface area contributed by atoms with E-state index in [0.717, 1.165) is 35.7 Å². The number of hydrogen-bond donors (Lipinski definition) is 0. The molecule has 2 unspecified atom stereocenters. The molecule has 0 N–H and O–H groups in total. The highest BCUT2D eigenvalue weighted by Gasteiger charge is 2.46. The second-order valence-corrected chi connectivity index (χ2v) is 7.62. The number of carbonyl (C=O) groups is 1. The van der Waals surface area contributed by atoms with Crippen molar-refractivity contribution in [2.24, 2.45) is 0 Å². The molecule has 0 aromatic heterocycles. The molecule has 2 aromatic carbocycles. The Kier molecular flexibility index (Phi) is 4.45. The summed E-state index contributed by atoms with van der Waals surface area (Å²) in [6.45, 7) is 2.67. The number of benzene rings is 2. The number of carbonyl (C=O) groups excluding carboxylic acids is 1. The molecule has 2 bridgehead atoms. The molecule has 3 aliphatic rings. The van der Waals surface area contributed by atoms with Crippen LogP contribution in [-0.4, -0.2) is 55.9 Å². The Bertz CT molecular complexity index is 865. The Balaban J connectivity index is 1.50. The van der Waals surface area contributed by atoms with Gasteiger partial charge in [0.2, 0.25) is 5.91 Å². The molecule has 2 saturated heterocycles. The normalized spacial score (nSPS) is 24.8. The highest BCUT2D eigenvalue weighted by molar-refractivity contribution is 5.99. The van der Waals surface area contributed by atoms with Crippen LogP contribution in [0.1, 0.15) is 12.0 Å². The molecule has 0 saturated carbocycles. The first kappa shape index (κ1) is 17.5. The van der Waals surface area contributed by atoms with Gasteiger partial charge in [0.1, 0.15) is 17.6 Å². The van der Waals surface area contributed by atoms with Crippen LogP contribution in [0.25, 0.3) is 0 Å². The van der Waals surface area contributed by atoms with Gasteiger partial charge in [0.25, 0.3) is 0 Å². The predicted molar refractivity (Wildman–Crippen MR) is 105 cm³/mol. The maximum Gasteiger partial charge on any atom is 0.244 e. The van der Waals surface area contributed by atoms with E-state index in [1.807, 2.05) is 53.4 Å². The van der Waals surface area contributed by atoms with Gasteiger partial charge in [0.05, 0.1) is 44.6 Å². The molecule has 3 heterocycles. The molecule has 3 aliphatic heterocycles.